The summed E-state index contributed by atoms with van der Waals surface area (Å²) in [6, 6.07) is 0. The highest BCUT2D eigenvalue weighted by Crippen LogP contribution is 2.42. The molecular formula is C13H20O3S. The average Bonchev–Trinajstić information content (AvgIpc) is 2.77. The summed E-state index contributed by atoms with van der Waals surface area (Å²) < 4.78 is 11.5. The molecule has 0 radical (unpaired) electrons. The second-order valence-electron chi connectivity index (χ2n) is 5.48. The fraction of sp³-hybridized carbons (Fsp3) is 0.923. The summed E-state index contributed by atoms with van der Waals surface area (Å²) in [5.41, 5.74) is 0.0364. The van der Waals surface area contributed by atoms with Crippen LogP contribution in [0, 0.1) is 11.8 Å². The minimum absolute atomic E-state index is 0.0364. The number of carbonyl (C=O) groups excluding carboxylic acids is 1. The van der Waals surface area contributed by atoms with Crippen molar-refractivity contribution in [2.75, 3.05) is 31.3 Å². The summed E-state index contributed by atoms with van der Waals surface area (Å²) in [7, 11) is 0. The van der Waals surface area contributed by atoms with Crippen molar-refractivity contribution >= 4 is 17.5 Å². The Kier molecular flexibility index (Phi) is 3.46. The van der Waals surface area contributed by atoms with E-state index >= 15 is 0 Å². The normalized spacial score (nSPS) is 37.5. The van der Waals surface area contributed by atoms with Crippen LogP contribution in [0.3, 0.4) is 0 Å². The van der Waals surface area contributed by atoms with Gasteiger partial charge in [0.05, 0.1) is 11.4 Å². The molecule has 0 aromatic carbocycles. The molecule has 3 nitrogen and oxygen atoms in total. The minimum Gasteiger partial charge on any atom is -0.381 e. The standard InChI is InChI=1S/C13H20O3S/c14-12-9-17-8-11(12)10-1-4-16-13(7-10)2-5-15-6-3-13/h10-11H,1-9H2. The Labute approximate surface area is 107 Å². The van der Waals surface area contributed by atoms with Crippen molar-refractivity contribution in [3.63, 3.8) is 0 Å². The summed E-state index contributed by atoms with van der Waals surface area (Å²) in [6.07, 6.45) is 4.17. The van der Waals surface area contributed by atoms with E-state index in [4.69, 9.17) is 9.47 Å². The predicted molar refractivity (Wildman–Crippen MR) is 67.3 cm³/mol. The Morgan fingerprint density at radius 3 is 2.76 bits per heavy atom. The van der Waals surface area contributed by atoms with Gasteiger partial charge in [0, 0.05) is 31.5 Å². The van der Waals surface area contributed by atoms with Gasteiger partial charge in [0.15, 0.2) is 0 Å². The third-order valence-corrected chi connectivity index (χ3v) is 5.54. The first-order valence-electron chi connectivity index (χ1n) is 6.61. The molecular weight excluding hydrogens is 236 g/mol. The zero-order chi connectivity index (χ0) is 11.7. The topological polar surface area (TPSA) is 35.5 Å². The molecule has 0 saturated carbocycles. The average molecular weight is 256 g/mol. The Bertz CT molecular complexity index is 294. The number of hydrogen-bond donors (Lipinski definition) is 0. The van der Waals surface area contributed by atoms with Gasteiger partial charge in [-0.15, -0.1) is 0 Å². The summed E-state index contributed by atoms with van der Waals surface area (Å²) in [4.78, 5) is 11.9. The van der Waals surface area contributed by atoms with Gasteiger partial charge in [0.1, 0.15) is 5.78 Å². The van der Waals surface area contributed by atoms with Crippen molar-refractivity contribution in [1.82, 2.24) is 0 Å². The van der Waals surface area contributed by atoms with Crippen molar-refractivity contribution < 1.29 is 14.3 Å². The van der Waals surface area contributed by atoms with Gasteiger partial charge in [-0.3, -0.25) is 4.79 Å². The second kappa shape index (κ2) is 4.90. The number of thioether (sulfide) groups is 1. The van der Waals surface area contributed by atoms with Crippen molar-refractivity contribution in [3.05, 3.63) is 0 Å². The predicted octanol–water partition coefficient (Wildman–Crippen LogP) is 1.89. The Morgan fingerprint density at radius 1 is 1.24 bits per heavy atom. The smallest absolute Gasteiger partial charge is 0.146 e. The molecule has 0 N–H and O–H groups in total. The molecule has 0 amide bonds. The van der Waals surface area contributed by atoms with Crippen LogP contribution in [0.25, 0.3) is 0 Å². The largest absolute Gasteiger partial charge is 0.381 e. The third kappa shape index (κ3) is 2.40. The highest BCUT2D eigenvalue weighted by molar-refractivity contribution is 8.00. The van der Waals surface area contributed by atoms with Crippen LogP contribution < -0.4 is 0 Å². The lowest BCUT2D eigenvalue weighted by Crippen LogP contribution is -2.46. The van der Waals surface area contributed by atoms with E-state index in [0.29, 0.717) is 17.6 Å². The van der Waals surface area contributed by atoms with E-state index in [0.717, 1.165) is 57.0 Å². The molecule has 3 fully saturated rings. The van der Waals surface area contributed by atoms with Crippen molar-refractivity contribution in [2.24, 2.45) is 11.8 Å². The fourth-order valence-corrected chi connectivity index (χ4v) is 4.63. The van der Waals surface area contributed by atoms with Crippen LogP contribution in [0.15, 0.2) is 0 Å². The monoisotopic (exact) mass is 256 g/mol. The van der Waals surface area contributed by atoms with E-state index in [1.54, 1.807) is 11.8 Å². The van der Waals surface area contributed by atoms with Crippen LogP contribution in [0.2, 0.25) is 0 Å². The first-order chi connectivity index (χ1) is 8.29. The van der Waals surface area contributed by atoms with E-state index in [1.165, 1.54) is 0 Å². The molecule has 2 atom stereocenters. The highest BCUT2D eigenvalue weighted by Gasteiger charge is 2.43. The SMILES string of the molecule is O=C1CSCC1C1CCOC2(CCOCC2)C1. The van der Waals surface area contributed by atoms with Gasteiger partial charge < -0.3 is 9.47 Å². The van der Waals surface area contributed by atoms with Crippen molar-refractivity contribution in [1.29, 1.82) is 0 Å². The number of ether oxygens (including phenoxy) is 2. The third-order valence-electron chi connectivity index (χ3n) is 4.46. The van der Waals surface area contributed by atoms with Crippen LogP contribution in [0.1, 0.15) is 25.7 Å². The minimum atomic E-state index is 0.0364. The van der Waals surface area contributed by atoms with Gasteiger partial charge >= 0.3 is 0 Å². The number of rotatable bonds is 1. The van der Waals surface area contributed by atoms with Crippen LogP contribution in [-0.2, 0) is 14.3 Å². The molecule has 17 heavy (non-hydrogen) atoms. The number of hydrogen-bond acceptors (Lipinski definition) is 4. The van der Waals surface area contributed by atoms with Crippen molar-refractivity contribution in [3.8, 4) is 0 Å². The molecule has 2 unspecified atom stereocenters. The molecule has 3 aliphatic heterocycles. The zero-order valence-corrected chi connectivity index (χ0v) is 11.0. The quantitative estimate of drug-likeness (QED) is 0.718. The van der Waals surface area contributed by atoms with Gasteiger partial charge in [0.2, 0.25) is 0 Å². The maximum absolute atomic E-state index is 11.9. The van der Waals surface area contributed by atoms with Gasteiger partial charge in [-0.1, -0.05) is 0 Å². The zero-order valence-electron chi connectivity index (χ0n) is 10.2. The van der Waals surface area contributed by atoms with E-state index < -0.39 is 0 Å². The lowest BCUT2D eigenvalue weighted by Gasteiger charge is -2.44. The molecule has 3 heterocycles. The van der Waals surface area contributed by atoms with Crippen LogP contribution in [-0.4, -0.2) is 42.7 Å². The lowest BCUT2D eigenvalue weighted by molar-refractivity contribution is -0.154. The van der Waals surface area contributed by atoms with Crippen LogP contribution in [0.4, 0.5) is 0 Å². The van der Waals surface area contributed by atoms with E-state index in [-0.39, 0.29) is 5.60 Å². The Morgan fingerprint density at radius 2 is 2.06 bits per heavy atom. The van der Waals surface area contributed by atoms with Gasteiger partial charge in [0.25, 0.3) is 0 Å². The summed E-state index contributed by atoms with van der Waals surface area (Å²) in [5.74, 6) is 3.12. The number of Topliss-reactive ketones (excluding diaryl/α,β-unsaturated/α-hetero) is 1. The highest BCUT2D eigenvalue weighted by atomic mass is 32.2. The van der Waals surface area contributed by atoms with E-state index in [2.05, 4.69) is 0 Å². The molecule has 0 aromatic heterocycles. The first kappa shape index (κ1) is 12.0. The summed E-state index contributed by atoms with van der Waals surface area (Å²) in [6.45, 7) is 2.47. The number of carbonyl (C=O) groups is 1. The molecule has 96 valence electrons. The van der Waals surface area contributed by atoms with E-state index in [1.807, 2.05) is 0 Å². The van der Waals surface area contributed by atoms with Gasteiger partial charge in [-0.2, -0.15) is 11.8 Å². The number of ketones is 1. The van der Waals surface area contributed by atoms with Gasteiger partial charge in [-0.25, -0.2) is 0 Å². The molecule has 3 aliphatic rings. The maximum atomic E-state index is 11.9. The van der Waals surface area contributed by atoms with Crippen molar-refractivity contribution in [2.45, 2.75) is 31.3 Å². The Balaban J connectivity index is 1.68. The molecule has 4 heteroatoms. The Hall–Kier alpha value is -0.0600. The van der Waals surface area contributed by atoms with E-state index in [9.17, 15) is 4.79 Å². The van der Waals surface area contributed by atoms with Crippen LogP contribution in [0.5, 0.6) is 0 Å². The first-order valence-corrected chi connectivity index (χ1v) is 7.77. The molecule has 3 rings (SSSR count). The molecule has 3 saturated heterocycles. The summed E-state index contributed by atoms with van der Waals surface area (Å²) in [5, 5.41) is 0. The van der Waals surface area contributed by atoms with Gasteiger partial charge in [-0.05, 0) is 31.6 Å². The second-order valence-corrected chi connectivity index (χ2v) is 6.51. The molecule has 0 aliphatic carbocycles. The molecule has 0 aromatic rings. The molecule has 0 bridgehead atoms. The summed E-state index contributed by atoms with van der Waals surface area (Å²) >= 11 is 1.80. The lowest BCUT2D eigenvalue weighted by atomic mass is 9.75. The molecule has 1 spiro atoms. The fourth-order valence-electron chi connectivity index (χ4n) is 3.39. The maximum Gasteiger partial charge on any atom is 0.146 e. The van der Waals surface area contributed by atoms with Crippen LogP contribution >= 0.6 is 11.8 Å².